The average molecular weight is 252 g/mol. The molecule has 0 aromatic carbocycles. The Bertz CT molecular complexity index is 361. The van der Waals surface area contributed by atoms with Gasteiger partial charge in [0.05, 0.1) is 0 Å². The average Bonchev–Trinajstić information content (AvgIpc) is 2.38. The van der Waals surface area contributed by atoms with Crippen LogP contribution in [0.1, 0.15) is 45.4 Å². The molecule has 5 heteroatoms. The molecule has 0 aromatic rings. The van der Waals surface area contributed by atoms with Gasteiger partial charge in [0, 0.05) is 5.92 Å². The molecule has 2 fully saturated rings. The van der Waals surface area contributed by atoms with E-state index in [1.807, 2.05) is 6.92 Å². The van der Waals surface area contributed by atoms with Gasteiger partial charge < -0.3 is 4.90 Å². The third-order valence-corrected chi connectivity index (χ3v) is 3.88. The van der Waals surface area contributed by atoms with Crippen molar-refractivity contribution in [1.29, 1.82) is 0 Å². The first kappa shape index (κ1) is 13.1. The summed E-state index contributed by atoms with van der Waals surface area (Å²) in [5, 5.41) is 2.30. The molecule has 5 nitrogen and oxygen atoms in total. The van der Waals surface area contributed by atoms with Gasteiger partial charge in [-0.3, -0.25) is 19.7 Å². The summed E-state index contributed by atoms with van der Waals surface area (Å²) in [5.74, 6) is -0.706. The van der Waals surface area contributed by atoms with Crippen molar-refractivity contribution >= 4 is 17.7 Å². The number of amides is 3. The lowest BCUT2D eigenvalue weighted by Crippen LogP contribution is -2.60. The second-order valence-electron chi connectivity index (χ2n) is 5.14. The quantitative estimate of drug-likeness (QED) is 0.740. The molecule has 18 heavy (non-hydrogen) atoms. The Morgan fingerprint density at radius 3 is 2.56 bits per heavy atom. The van der Waals surface area contributed by atoms with E-state index >= 15 is 0 Å². The molecule has 1 aliphatic carbocycles. The summed E-state index contributed by atoms with van der Waals surface area (Å²) in [6, 6.07) is -0.475. The fourth-order valence-electron chi connectivity index (χ4n) is 2.89. The fourth-order valence-corrected chi connectivity index (χ4v) is 2.89. The second-order valence-corrected chi connectivity index (χ2v) is 5.14. The van der Waals surface area contributed by atoms with E-state index in [2.05, 4.69) is 5.32 Å². The molecule has 0 aromatic heterocycles. The van der Waals surface area contributed by atoms with Gasteiger partial charge in [0.25, 0.3) is 0 Å². The fraction of sp³-hybridized carbons (Fsp3) is 0.769. The number of hydrogen-bond acceptors (Lipinski definition) is 3. The lowest BCUT2D eigenvalue weighted by Gasteiger charge is -2.36. The molecule has 0 bridgehead atoms. The molecule has 1 atom stereocenters. The molecule has 2 aliphatic rings. The van der Waals surface area contributed by atoms with Crippen LogP contribution in [-0.2, 0) is 14.4 Å². The number of carbonyl (C=O) groups excluding carboxylic acids is 3. The van der Waals surface area contributed by atoms with Gasteiger partial charge in [-0.1, -0.05) is 26.2 Å². The van der Waals surface area contributed by atoms with Crippen LogP contribution in [0.25, 0.3) is 0 Å². The predicted octanol–water partition coefficient (Wildman–Crippen LogP) is 0.830. The molecule has 1 saturated carbocycles. The summed E-state index contributed by atoms with van der Waals surface area (Å²) in [6.45, 7) is 1.89. The Labute approximate surface area is 107 Å². The second kappa shape index (κ2) is 5.50. The lowest BCUT2D eigenvalue weighted by molar-refractivity contribution is -0.152. The summed E-state index contributed by atoms with van der Waals surface area (Å²) in [7, 11) is 0. The van der Waals surface area contributed by atoms with Gasteiger partial charge in [-0.05, 0) is 19.3 Å². The third-order valence-electron chi connectivity index (χ3n) is 3.88. The zero-order valence-corrected chi connectivity index (χ0v) is 10.8. The van der Waals surface area contributed by atoms with Gasteiger partial charge >= 0.3 is 0 Å². The van der Waals surface area contributed by atoms with E-state index in [1.165, 1.54) is 11.3 Å². The van der Waals surface area contributed by atoms with Crippen molar-refractivity contribution in [2.45, 2.75) is 51.5 Å². The highest BCUT2D eigenvalue weighted by Gasteiger charge is 2.38. The first-order valence-electron chi connectivity index (χ1n) is 6.77. The Kier molecular flexibility index (Phi) is 3.99. The summed E-state index contributed by atoms with van der Waals surface area (Å²) >= 11 is 0. The van der Waals surface area contributed by atoms with Crippen LogP contribution in [-0.4, -0.2) is 35.2 Å². The van der Waals surface area contributed by atoms with Crippen molar-refractivity contribution in [3.63, 3.8) is 0 Å². The molecule has 0 radical (unpaired) electrons. The standard InChI is InChI=1S/C13H20N2O3/c1-2-10-12(17)14-11(16)8-15(10)13(18)9-6-4-3-5-7-9/h9-10H,2-8H2,1H3,(H,14,16,17). The van der Waals surface area contributed by atoms with Gasteiger partial charge in [0.1, 0.15) is 12.6 Å². The Morgan fingerprint density at radius 1 is 1.28 bits per heavy atom. The summed E-state index contributed by atoms with van der Waals surface area (Å²) < 4.78 is 0. The molecule has 100 valence electrons. The Balaban J connectivity index is 2.10. The van der Waals surface area contributed by atoms with E-state index in [0.29, 0.717) is 6.42 Å². The highest BCUT2D eigenvalue weighted by molar-refractivity contribution is 6.04. The van der Waals surface area contributed by atoms with E-state index in [4.69, 9.17) is 0 Å². The number of nitrogens with one attached hydrogen (secondary N) is 1. The topological polar surface area (TPSA) is 66.5 Å². The minimum atomic E-state index is -0.475. The van der Waals surface area contributed by atoms with E-state index in [1.54, 1.807) is 0 Å². The van der Waals surface area contributed by atoms with Crippen molar-refractivity contribution in [1.82, 2.24) is 10.2 Å². The van der Waals surface area contributed by atoms with Gasteiger partial charge in [0.2, 0.25) is 17.7 Å². The number of nitrogens with zero attached hydrogens (tertiary/aromatic N) is 1. The minimum absolute atomic E-state index is 0.00602. The van der Waals surface area contributed by atoms with E-state index in [-0.39, 0.29) is 30.2 Å². The van der Waals surface area contributed by atoms with E-state index < -0.39 is 6.04 Å². The zero-order chi connectivity index (χ0) is 13.1. The first-order valence-corrected chi connectivity index (χ1v) is 6.77. The minimum Gasteiger partial charge on any atom is -0.321 e. The highest BCUT2D eigenvalue weighted by Crippen LogP contribution is 2.26. The third kappa shape index (κ3) is 2.54. The number of piperazine rings is 1. The van der Waals surface area contributed by atoms with Crippen LogP contribution in [0.15, 0.2) is 0 Å². The van der Waals surface area contributed by atoms with Gasteiger partial charge in [-0.2, -0.15) is 0 Å². The van der Waals surface area contributed by atoms with Crippen molar-refractivity contribution < 1.29 is 14.4 Å². The molecule has 0 spiro atoms. The van der Waals surface area contributed by atoms with Crippen LogP contribution in [0.3, 0.4) is 0 Å². The summed E-state index contributed by atoms with van der Waals surface area (Å²) in [6.07, 6.45) is 5.66. The highest BCUT2D eigenvalue weighted by atomic mass is 16.2. The van der Waals surface area contributed by atoms with Crippen LogP contribution in [0, 0.1) is 5.92 Å². The molecule has 1 saturated heterocycles. The van der Waals surface area contributed by atoms with Crippen molar-refractivity contribution in [2.24, 2.45) is 5.92 Å². The van der Waals surface area contributed by atoms with Crippen LogP contribution in [0.2, 0.25) is 0 Å². The maximum Gasteiger partial charge on any atom is 0.249 e. The molecule has 1 heterocycles. The molecule has 3 amide bonds. The van der Waals surface area contributed by atoms with Crippen LogP contribution in [0.4, 0.5) is 0 Å². The smallest absolute Gasteiger partial charge is 0.249 e. The molecule has 1 N–H and O–H groups in total. The normalized spacial score (nSPS) is 26.1. The molecule has 2 rings (SSSR count). The Morgan fingerprint density at radius 2 is 1.94 bits per heavy atom. The number of imide groups is 1. The van der Waals surface area contributed by atoms with Gasteiger partial charge in [-0.15, -0.1) is 0 Å². The van der Waals surface area contributed by atoms with Crippen LogP contribution < -0.4 is 5.32 Å². The molecule has 1 unspecified atom stereocenters. The molecular formula is C13H20N2O3. The summed E-state index contributed by atoms with van der Waals surface area (Å²) in [5.41, 5.74) is 0. The molecular weight excluding hydrogens is 232 g/mol. The summed E-state index contributed by atoms with van der Waals surface area (Å²) in [4.78, 5) is 37.0. The van der Waals surface area contributed by atoms with E-state index in [9.17, 15) is 14.4 Å². The van der Waals surface area contributed by atoms with Crippen LogP contribution in [0.5, 0.6) is 0 Å². The Hall–Kier alpha value is -1.39. The SMILES string of the molecule is CCC1C(=O)NC(=O)CN1C(=O)C1CCCCC1. The monoisotopic (exact) mass is 252 g/mol. The number of carbonyl (C=O) groups is 3. The molecule has 1 aliphatic heterocycles. The van der Waals surface area contributed by atoms with Crippen molar-refractivity contribution in [3.05, 3.63) is 0 Å². The first-order chi connectivity index (χ1) is 8.63. The van der Waals surface area contributed by atoms with Gasteiger partial charge in [0.15, 0.2) is 0 Å². The maximum absolute atomic E-state index is 12.4. The van der Waals surface area contributed by atoms with Gasteiger partial charge in [-0.25, -0.2) is 0 Å². The lowest BCUT2D eigenvalue weighted by atomic mass is 9.87. The number of rotatable bonds is 2. The zero-order valence-electron chi connectivity index (χ0n) is 10.8. The van der Waals surface area contributed by atoms with E-state index in [0.717, 1.165) is 25.7 Å². The number of hydrogen-bond donors (Lipinski definition) is 1. The maximum atomic E-state index is 12.4. The predicted molar refractivity (Wildman–Crippen MR) is 65.5 cm³/mol. The van der Waals surface area contributed by atoms with Crippen LogP contribution >= 0.6 is 0 Å². The van der Waals surface area contributed by atoms with Crippen molar-refractivity contribution in [2.75, 3.05) is 6.54 Å². The largest absolute Gasteiger partial charge is 0.321 e. The van der Waals surface area contributed by atoms with Crippen molar-refractivity contribution in [3.8, 4) is 0 Å².